The fourth-order valence-electron chi connectivity index (χ4n) is 3.04. The van der Waals surface area contributed by atoms with Gasteiger partial charge >= 0.3 is 23.9 Å². The van der Waals surface area contributed by atoms with Gasteiger partial charge in [-0.05, 0) is 25.7 Å². The largest absolute Gasteiger partial charge is 0.481 e. The summed E-state index contributed by atoms with van der Waals surface area (Å²) in [6, 6.07) is -4.20. The van der Waals surface area contributed by atoms with Gasteiger partial charge in [-0.25, -0.2) is 4.79 Å². The van der Waals surface area contributed by atoms with Crippen LogP contribution in [0.1, 0.15) is 64.7 Å². The van der Waals surface area contributed by atoms with E-state index < -0.39 is 73.1 Å². The van der Waals surface area contributed by atoms with E-state index in [2.05, 4.69) is 5.32 Å². The van der Waals surface area contributed by atoms with Gasteiger partial charge in [-0.1, -0.05) is 19.8 Å². The number of hydrogen-bond donors (Lipinski definition) is 6. The summed E-state index contributed by atoms with van der Waals surface area (Å²) in [5.74, 6) is -6.86. The van der Waals surface area contributed by atoms with Gasteiger partial charge in [-0.15, -0.1) is 0 Å². The summed E-state index contributed by atoms with van der Waals surface area (Å²) in [7, 11) is 0. The first kappa shape index (κ1) is 29.8. The molecule has 0 aromatic carbocycles. The van der Waals surface area contributed by atoms with E-state index in [0.29, 0.717) is 12.8 Å². The van der Waals surface area contributed by atoms with Crippen LogP contribution >= 0.6 is 0 Å². The summed E-state index contributed by atoms with van der Waals surface area (Å²) in [6.45, 7) is 1.85. The standard InChI is InChI=1S/C20H33N3O10/c1-2-3-4-11-23(14(20(32)33)7-10-17(28)29)19(31)13(6-9-16(26)27)22-18(30)12(21)5-8-15(24)25/h12-14H,2-11,21H2,1H3,(H,22,30)(H,24,25)(H,26,27)(H,28,29)(H,32,33)/t12-,13-,14-/m0/s1. The molecule has 0 aromatic rings. The molecule has 33 heavy (non-hydrogen) atoms. The highest BCUT2D eigenvalue weighted by molar-refractivity contribution is 5.92. The van der Waals surface area contributed by atoms with E-state index in [4.69, 9.17) is 21.1 Å². The Labute approximate surface area is 190 Å². The minimum atomic E-state index is -1.49. The van der Waals surface area contributed by atoms with Crippen LogP contribution in [-0.4, -0.2) is 85.7 Å². The monoisotopic (exact) mass is 475 g/mol. The lowest BCUT2D eigenvalue weighted by Gasteiger charge is -2.32. The molecule has 0 heterocycles. The Morgan fingerprint density at radius 1 is 0.818 bits per heavy atom. The minimum absolute atomic E-state index is 0.0340. The van der Waals surface area contributed by atoms with Crippen LogP contribution in [0.2, 0.25) is 0 Å². The quantitative estimate of drug-likeness (QED) is 0.143. The van der Waals surface area contributed by atoms with E-state index >= 15 is 0 Å². The van der Waals surface area contributed by atoms with Crippen molar-refractivity contribution < 1.29 is 49.2 Å². The summed E-state index contributed by atoms with van der Waals surface area (Å²) in [5, 5.41) is 38.6. The number of nitrogens with two attached hydrogens (primary N) is 1. The van der Waals surface area contributed by atoms with Crippen LogP contribution in [0.4, 0.5) is 0 Å². The van der Waals surface area contributed by atoms with E-state index in [1.807, 2.05) is 6.92 Å². The zero-order valence-electron chi connectivity index (χ0n) is 18.6. The molecule has 3 atom stereocenters. The molecule has 0 rings (SSSR count). The number of amides is 2. The van der Waals surface area contributed by atoms with Crippen LogP contribution in [-0.2, 0) is 28.8 Å². The van der Waals surface area contributed by atoms with Crippen LogP contribution in [0, 0.1) is 0 Å². The third kappa shape index (κ3) is 12.4. The van der Waals surface area contributed by atoms with Gasteiger partial charge < -0.3 is 36.4 Å². The third-order valence-corrected chi connectivity index (χ3v) is 4.85. The summed E-state index contributed by atoms with van der Waals surface area (Å²) < 4.78 is 0. The molecule has 188 valence electrons. The van der Waals surface area contributed by atoms with Crippen LogP contribution in [0.15, 0.2) is 0 Å². The molecule has 0 radical (unpaired) electrons. The normalized spacial score (nSPS) is 13.4. The van der Waals surface area contributed by atoms with Gasteiger partial charge in [0.05, 0.1) is 6.04 Å². The Bertz CT molecular complexity index is 712. The maximum absolute atomic E-state index is 13.2. The Hall–Kier alpha value is -3.22. The molecule has 0 aliphatic heterocycles. The number of carboxylic acids is 4. The molecule has 7 N–H and O–H groups in total. The van der Waals surface area contributed by atoms with E-state index in [1.54, 1.807) is 0 Å². The summed E-state index contributed by atoms with van der Waals surface area (Å²) in [6.07, 6.45) is -0.567. The first-order valence-corrected chi connectivity index (χ1v) is 10.6. The predicted octanol–water partition coefficient (Wildman–Crippen LogP) is -0.135. The summed E-state index contributed by atoms with van der Waals surface area (Å²) >= 11 is 0. The first-order chi connectivity index (χ1) is 15.4. The highest BCUT2D eigenvalue weighted by atomic mass is 16.4. The van der Waals surface area contributed by atoms with Gasteiger partial charge in [-0.2, -0.15) is 0 Å². The number of hydrogen-bond acceptors (Lipinski definition) is 7. The Morgan fingerprint density at radius 3 is 1.82 bits per heavy atom. The molecule has 0 unspecified atom stereocenters. The number of nitrogens with one attached hydrogen (secondary N) is 1. The topological polar surface area (TPSA) is 225 Å². The number of carboxylic acid groups (broad SMARTS) is 4. The van der Waals surface area contributed by atoms with Crippen LogP contribution in [0.5, 0.6) is 0 Å². The molecule has 13 heteroatoms. The number of unbranched alkanes of at least 4 members (excludes halogenated alkanes) is 2. The molecule has 0 saturated carbocycles. The minimum Gasteiger partial charge on any atom is -0.481 e. The van der Waals surface area contributed by atoms with Gasteiger partial charge in [-0.3, -0.25) is 24.0 Å². The first-order valence-electron chi connectivity index (χ1n) is 10.6. The van der Waals surface area contributed by atoms with Gasteiger partial charge in [0.2, 0.25) is 11.8 Å². The number of carbonyl (C=O) groups is 6. The Balaban J connectivity index is 5.78. The lowest BCUT2D eigenvalue weighted by molar-refractivity contribution is -0.153. The fraction of sp³-hybridized carbons (Fsp3) is 0.700. The number of rotatable bonds is 18. The smallest absolute Gasteiger partial charge is 0.326 e. The lowest BCUT2D eigenvalue weighted by Crippen LogP contribution is -2.56. The van der Waals surface area contributed by atoms with Gasteiger partial charge in [0, 0.05) is 25.8 Å². The fourth-order valence-corrected chi connectivity index (χ4v) is 3.04. The van der Waals surface area contributed by atoms with Gasteiger partial charge in [0.25, 0.3) is 0 Å². The zero-order chi connectivity index (χ0) is 25.6. The molecule has 0 fully saturated rings. The second kappa shape index (κ2) is 15.6. The molecule has 0 aromatic heterocycles. The maximum atomic E-state index is 13.2. The number of aliphatic carboxylic acids is 4. The molecule has 0 saturated heterocycles. The second-order valence-corrected chi connectivity index (χ2v) is 7.56. The van der Waals surface area contributed by atoms with Crippen molar-refractivity contribution in [1.29, 1.82) is 0 Å². The predicted molar refractivity (Wildman–Crippen MR) is 113 cm³/mol. The SMILES string of the molecule is CCCCCN(C(=O)[C@H](CCC(=O)O)NC(=O)[C@@H](N)CCC(=O)O)[C@@H](CCC(=O)O)C(=O)O. The molecule has 0 aliphatic rings. The molecular formula is C20H33N3O10. The van der Waals surface area contributed by atoms with Gasteiger partial charge in [0.1, 0.15) is 12.1 Å². The van der Waals surface area contributed by atoms with E-state index in [1.165, 1.54) is 0 Å². The van der Waals surface area contributed by atoms with Crippen molar-refractivity contribution in [2.75, 3.05) is 6.54 Å². The maximum Gasteiger partial charge on any atom is 0.326 e. The third-order valence-electron chi connectivity index (χ3n) is 4.85. The van der Waals surface area contributed by atoms with E-state index in [-0.39, 0.29) is 25.8 Å². The average molecular weight is 475 g/mol. The van der Waals surface area contributed by atoms with E-state index in [0.717, 1.165) is 11.3 Å². The highest BCUT2D eigenvalue weighted by Crippen LogP contribution is 2.15. The highest BCUT2D eigenvalue weighted by Gasteiger charge is 2.35. The Kier molecular flexibility index (Phi) is 14.0. The zero-order valence-corrected chi connectivity index (χ0v) is 18.6. The molecule has 0 bridgehead atoms. The van der Waals surface area contributed by atoms with Crippen molar-refractivity contribution >= 4 is 35.7 Å². The molecular weight excluding hydrogens is 442 g/mol. The number of carbonyl (C=O) groups excluding carboxylic acids is 2. The lowest BCUT2D eigenvalue weighted by atomic mass is 10.0. The van der Waals surface area contributed by atoms with Crippen molar-refractivity contribution in [2.45, 2.75) is 82.8 Å². The number of nitrogens with zero attached hydrogens (tertiary/aromatic N) is 1. The average Bonchev–Trinajstić information content (AvgIpc) is 2.72. The summed E-state index contributed by atoms with van der Waals surface area (Å²) in [4.78, 5) is 71.1. The van der Waals surface area contributed by atoms with E-state index in [9.17, 15) is 33.9 Å². The van der Waals surface area contributed by atoms with Crippen LogP contribution in [0.25, 0.3) is 0 Å². The van der Waals surface area contributed by atoms with Crippen molar-refractivity contribution in [2.24, 2.45) is 5.73 Å². The van der Waals surface area contributed by atoms with Gasteiger partial charge in [0.15, 0.2) is 0 Å². The molecule has 0 aliphatic carbocycles. The molecule has 0 spiro atoms. The molecule has 13 nitrogen and oxygen atoms in total. The van der Waals surface area contributed by atoms with Crippen LogP contribution < -0.4 is 11.1 Å². The molecule has 2 amide bonds. The van der Waals surface area contributed by atoms with Crippen molar-refractivity contribution in [1.82, 2.24) is 10.2 Å². The second-order valence-electron chi connectivity index (χ2n) is 7.56. The van der Waals surface area contributed by atoms with Crippen LogP contribution in [0.3, 0.4) is 0 Å². The Morgan fingerprint density at radius 2 is 1.33 bits per heavy atom. The van der Waals surface area contributed by atoms with Crippen molar-refractivity contribution in [3.8, 4) is 0 Å². The summed E-state index contributed by atoms with van der Waals surface area (Å²) in [5.41, 5.74) is 5.66. The van der Waals surface area contributed by atoms with Crippen molar-refractivity contribution in [3.63, 3.8) is 0 Å². The van der Waals surface area contributed by atoms with Crippen molar-refractivity contribution in [3.05, 3.63) is 0 Å².